The molecular weight excluding hydrogens is 288 g/mol. The Morgan fingerprint density at radius 3 is 2.52 bits per heavy atom. The van der Waals surface area contributed by atoms with Gasteiger partial charge in [0, 0.05) is 36.0 Å². The van der Waals surface area contributed by atoms with E-state index >= 15 is 0 Å². The van der Waals surface area contributed by atoms with Crippen molar-refractivity contribution >= 4 is 28.3 Å². The number of nitrogens with two attached hydrogens (primary N) is 1. The first kappa shape index (κ1) is 15.1. The lowest BCUT2D eigenvalue weighted by molar-refractivity contribution is 0.256. The standard InChI is InChI=1S/C18H20N4O/c1-4-15-12(2)21(3)17-6-5-14(11-16(15)17)22(18(19)23)13-7-9-20-10-8-13/h5-11H,4H2,1-3H3,(H2,19,23). The molecule has 0 aliphatic carbocycles. The van der Waals surface area contributed by atoms with Gasteiger partial charge in [-0.2, -0.15) is 0 Å². The molecule has 0 saturated heterocycles. The molecular formula is C18H20N4O. The summed E-state index contributed by atoms with van der Waals surface area (Å²) in [5.74, 6) is 0. The van der Waals surface area contributed by atoms with Crippen LogP contribution < -0.4 is 10.6 Å². The first-order chi connectivity index (χ1) is 11.0. The number of rotatable bonds is 3. The molecule has 118 valence electrons. The Kier molecular flexibility index (Phi) is 3.78. The van der Waals surface area contributed by atoms with Gasteiger partial charge < -0.3 is 10.3 Å². The molecule has 0 bridgehead atoms. The Hall–Kier alpha value is -2.82. The molecule has 5 nitrogen and oxygen atoms in total. The number of urea groups is 1. The van der Waals surface area contributed by atoms with Gasteiger partial charge in [0.05, 0.1) is 11.4 Å². The van der Waals surface area contributed by atoms with E-state index in [0.29, 0.717) is 5.69 Å². The topological polar surface area (TPSA) is 64.2 Å². The lowest BCUT2D eigenvalue weighted by Gasteiger charge is -2.20. The van der Waals surface area contributed by atoms with Crippen molar-refractivity contribution in [1.29, 1.82) is 0 Å². The average Bonchev–Trinajstić information content (AvgIpc) is 2.79. The van der Waals surface area contributed by atoms with Crippen LogP contribution in [0.1, 0.15) is 18.2 Å². The molecule has 3 rings (SSSR count). The third-order valence-corrected chi connectivity index (χ3v) is 4.36. The number of amides is 2. The number of aryl methyl sites for hydroxylation is 2. The van der Waals surface area contributed by atoms with Gasteiger partial charge in [-0.25, -0.2) is 4.79 Å². The molecule has 0 radical (unpaired) electrons. The van der Waals surface area contributed by atoms with E-state index in [9.17, 15) is 4.79 Å². The van der Waals surface area contributed by atoms with Crippen LogP contribution in [0.4, 0.5) is 16.2 Å². The zero-order valence-electron chi connectivity index (χ0n) is 13.6. The van der Waals surface area contributed by atoms with E-state index in [0.717, 1.165) is 23.0 Å². The summed E-state index contributed by atoms with van der Waals surface area (Å²) in [6.07, 6.45) is 4.24. The molecule has 0 saturated carbocycles. The summed E-state index contributed by atoms with van der Waals surface area (Å²) in [5, 5.41) is 1.16. The predicted molar refractivity (Wildman–Crippen MR) is 93.0 cm³/mol. The van der Waals surface area contributed by atoms with Crippen LogP contribution in [0.25, 0.3) is 10.9 Å². The minimum Gasteiger partial charge on any atom is -0.351 e. The third-order valence-electron chi connectivity index (χ3n) is 4.36. The average molecular weight is 308 g/mol. The fourth-order valence-electron chi connectivity index (χ4n) is 3.12. The van der Waals surface area contributed by atoms with Gasteiger partial charge in [-0.05, 0) is 49.2 Å². The highest BCUT2D eigenvalue weighted by molar-refractivity contribution is 6.01. The van der Waals surface area contributed by atoms with Crippen molar-refractivity contribution < 1.29 is 4.79 Å². The lowest BCUT2D eigenvalue weighted by Crippen LogP contribution is -2.31. The van der Waals surface area contributed by atoms with E-state index in [4.69, 9.17) is 5.73 Å². The Balaban J connectivity index is 2.20. The van der Waals surface area contributed by atoms with Gasteiger partial charge in [-0.15, -0.1) is 0 Å². The number of carbonyl (C=O) groups excluding carboxylic acids is 1. The molecule has 23 heavy (non-hydrogen) atoms. The smallest absolute Gasteiger partial charge is 0.323 e. The van der Waals surface area contributed by atoms with Crippen LogP contribution in [0.5, 0.6) is 0 Å². The second-order valence-corrected chi connectivity index (χ2v) is 5.56. The SMILES string of the molecule is CCc1c(C)n(C)c2ccc(N(C(N)=O)c3ccncc3)cc12. The number of hydrogen-bond acceptors (Lipinski definition) is 2. The van der Waals surface area contributed by atoms with Gasteiger partial charge >= 0.3 is 6.03 Å². The Labute approximate surface area is 135 Å². The number of anilines is 2. The molecule has 0 unspecified atom stereocenters. The number of fused-ring (bicyclic) bond motifs is 1. The van der Waals surface area contributed by atoms with E-state index in [2.05, 4.69) is 30.4 Å². The summed E-state index contributed by atoms with van der Waals surface area (Å²) in [6.45, 7) is 4.26. The van der Waals surface area contributed by atoms with Crippen LogP contribution >= 0.6 is 0 Å². The van der Waals surface area contributed by atoms with E-state index in [1.807, 2.05) is 18.2 Å². The fraction of sp³-hybridized carbons (Fsp3) is 0.222. The Morgan fingerprint density at radius 1 is 1.22 bits per heavy atom. The van der Waals surface area contributed by atoms with Gasteiger partial charge in [0.15, 0.2) is 0 Å². The molecule has 0 fully saturated rings. The highest BCUT2D eigenvalue weighted by atomic mass is 16.2. The number of hydrogen-bond donors (Lipinski definition) is 1. The molecule has 2 aromatic heterocycles. The molecule has 2 amide bonds. The zero-order chi connectivity index (χ0) is 16.6. The minimum absolute atomic E-state index is 0.513. The van der Waals surface area contributed by atoms with Crippen molar-refractivity contribution in [3.05, 3.63) is 54.0 Å². The molecule has 5 heteroatoms. The summed E-state index contributed by atoms with van der Waals surface area (Å²) in [5.41, 5.74) is 10.8. The Bertz CT molecular complexity index is 868. The number of primary amides is 1. The minimum atomic E-state index is -0.513. The first-order valence-electron chi connectivity index (χ1n) is 7.62. The maximum Gasteiger partial charge on any atom is 0.323 e. The lowest BCUT2D eigenvalue weighted by atomic mass is 10.1. The quantitative estimate of drug-likeness (QED) is 0.802. The van der Waals surface area contributed by atoms with Gasteiger partial charge in [0.25, 0.3) is 0 Å². The van der Waals surface area contributed by atoms with Crippen molar-refractivity contribution in [2.24, 2.45) is 12.8 Å². The molecule has 0 aliphatic heterocycles. The van der Waals surface area contributed by atoms with Gasteiger partial charge in [0.1, 0.15) is 0 Å². The molecule has 3 aromatic rings. The van der Waals surface area contributed by atoms with Crippen LogP contribution in [0, 0.1) is 6.92 Å². The number of benzene rings is 1. The molecule has 1 aromatic carbocycles. The largest absolute Gasteiger partial charge is 0.351 e. The van der Waals surface area contributed by atoms with Crippen molar-refractivity contribution in [3.63, 3.8) is 0 Å². The van der Waals surface area contributed by atoms with E-state index < -0.39 is 6.03 Å². The summed E-state index contributed by atoms with van der Waals surface area (Å²) in [7, 11) is 2.06. The Morgan fingerprint density at radius 2 is 1.91 bits per heavy atom. The van der Waals surface area contributed by atoms with Crippen molar-refractivity contribution in [1.82, 2.24) is 9.55 Å². The first-order valence-corrected chi connectivity index (χ1v) is 7.62. The predicted octanol–water partition coefficient (Wildman–Crippen LogP) is 3.66. The van der Waals surface area contributed by atoms with Gasteiger partial charge in [-0.1, -0.05) is 6.92 Å². The van der Waals surface area contributed by atoms with Gasteiger partial charge in [-0.3, -0.25) is 9.88 Å². The fourth-order valence-corrected chi connectivity index (χ4v) is 3.12. The molecule has 0 spiro atoms. The highest BCUT2D eigenvalue weighted by Gasteiger charge is 2.17. The highest BCUT2D eigenvalue weighted by Crippen LogP contribution is 2.32. The van der Waals surface area contributed by atoms with Crippen LogP contribution in [0.2, 0.25) is 0 Å². The number of aromatic nitrogens is 2. The molecule has 0 aliphatic rings. The zero-order valence-corrected chi connectivity index (χ0v) is 13.6. The second kappa shape index (κ2) is 5.76. The summed E-state index contributed by atoms with van der Waals surface area (Å²) in [4.78, 5) is 17.5. The van der Waals surface area contributed by atoms with E-state index in [1.54, 1.807) is 24.5 Å². The van der Waals surface area contributed by atoms with Crippen LogP contribution in [-0.2, 0) is 13.5 Å². The summed E-state index contributed by atoms with van der Waals surface area (Å²) >= 11 is 0. The van der Waals surface area contributed by atoms with Crippen molar-refractivity contribution in [2.45, 2.75) is 20.3 Å². The number of pyridine rings is 1. The number of carbonyl (C=O) groups is 1. The third kappa shape index (κ3) is 2.44. The monoisotopic (exact) mass is 308 g/mol. The van der Waals surface area contributed by atoms with Crippen LogP contribution in [0.15, 0.2) is 42.7 Å². The van der Waals surface area contributed by atoms with Crippen molar-refractivity contribution in [3.8, 4) is 0 Å². The van der Waals surface area contributed by atoms with Crippen LogP contribution in [0.3, 0.4) is 0 Å². The molecule has 2 N–H and O–H groups in total. The molecule has 0 atom stereocenters. The van der Waals surface area contributed by atoms with Crippen LogP contribution in [-0.4, -0.2) is 15.6 Å². The second-order valence-electron chi connectivity index (χ2n) is 5.56. The van der Waals surface area contributed by atoms with Crippen molar-refractivity contribution in [2.75, 3.05) is 4.90 Å². The summed E-state index contributed by atoms with van der Waals surface area (Å²) < 4.78 is 2.18. The van der Waals surface area contributed by atoms with Gasteiger partial charge in [0.2, 0.25) is 0 Å². The molecule has 2 heterocycles. The van der Waals surface area contributed by atoms with E-state index in [1.165, 1.54) is 16.2 Å². The van der Waals surface area contributed by atoms with E-state index in [-0.39, 0.29) is 0 Å². The maximum atomic E-state index is 12.0. The summed E-state index contributed by atoms with van der Waals surface area (Å²) in [6, 6.07) is 9.02. The number of nitrogens with zero attached hydrogens (tertiary/aromatic N) is 3. The maximum absolute atomic E-state index is 12.0. The normalized spacial score (nSPS) is 10.9.